The Labute approximate surface area is 178 Å². The minimum absolute atomic E-state index is 0.200. The summed E-state index contributed by atoms with van der Waals surface area (Å²) in [7, 11) is 0. The molecular formula is C23H21NO5S. The van der Waals surface area contributed by atoms with Crippen LogP contribution in [0.1, 0.15) is 35.7 Å². The van der Waals surface area contributed by atoms with Gasteiger partial charge in [0.25, 0.3) is 0 Å². The molecule has 1 N–H and O–H groups in total. The number of fused-ring (bicyclic) bond motifs is 2. The van der Waals surface area contributed by atoms with Crippen LogP contribution < -0.4 is 14.8 Å². The highest BCUT2D eigenvalue weighted by Crippen LogP contribution is 2.36. The second-order valence-electron chi connectivity index (χ2n) is 6.73. The van der Waals surface area contributed by atoms with E-state index in [-0.39, 0.29) is 12.7 Å². The van der Waals surface area contributed by atoms with Crippen LogP contribution in [0, 0.1) is 0 Å². The van der Waals surface area contributed by atoms with Gasteiger partial charge in [0, 0.05) is 16.2 Å². The van der Waals surface area contributed by atoms with Crippen LogP contribution in [0.3, 0.4) is 0 Å². The number of esters is 1. The molecule has 0 saturated heterocycles. The summed E-state index contributed by atoms with van der Waals surface area (Å²) in [5.41, 5.74) is 1.21. The molecule has 1 amide bonds. The van der Waals surface area contributed by atoms with E-state index in [1.54, 1.807) is 12.1 Å². The van der Waals surface area contributed by atoms with Crippen LogP contribution >= 0.6 is 11.3 Å². The minimum atomic E-state index is -0.420. The number of ether oxygens (including phenoxy) is 3. The summed E-state index contributed by atoms with van der Waals surface area (Å²) in [5, 5.41) is 4.09. The summed E-state index contributed by atoms with van der Waals surface area (Å²) in [6.07, 6.45) is 4.84. The van der Waals surface area contributed by atoms with Crippen molar-refractivity contribution in [3.05, 3.63) is 59.7 Å². The molecule has 0 unspecified atom stereocenters. The zero-order chi connectivity index (χ0) is 20.9. The summed E-state index contributed by atoms with van der Waals surface area (Å²) >= 11 is 1.35. The molecule has 4 rings (SSSR count). The maximum Gasteiger partial charge on any atom is 0.341 e. The monoisotopic (exact) mass is 423 g/mol. The van der Waals surface area contributed by atoms with E-state index in [4.69, 9.17) is 14.2 Å². The molecule has 1 aromatic heterocycles. The number of anilines is 1. The Morgan fingerprint density at radius 3 is 2.87 bits per heavy atom. The van der Waals surface area contributed by atoms with E-state index in [1.807, 2.05) is 43.3 Å². The second kappa shape index (κ2) is 9.00. The number of hydrogen-bond acceptors (Lipinski definition) is 6. The molecule has 2 heterocycles. The molecule has 7 heteroatoms. The van der Waals surface area contributed by atoms with Crippen molar-refractivity contribution >= 4 is 44.4 Å². The van der Waals surface area contributed by atoms with Gasteiger partial charge in [-0.3, -0.25) is 4.79 Å². The van der Waals surface area contributed by atoms with Crippen LogP contribution in [-0.4, -0.2) is 25.3 Å². The minimum Gasteiger partial charge on any atom is -0.462 e. The van der Waals surface area contributed by atoms with Crippen molar-refractivity contribution in [2.45, 2.75) is 19.8 Å². The predicted molar refractivity (Wildman–Crippen MR) is 117 cm³/mol. The Morgan fingerprint density at radius 1 is 1.17 bits per heavy atom. The number of unbranched alkanes of at least 4 members (excludes halogenated alkanes) is 1. The fourth-order valence-electron chi connectivity index (χ4n) is 3.06. The highest BCUT2D eigenvalue weighted by atomic mass is 32.1. The van der Waals surface area contributed by atoms with Crippen LogP contribution in [0.2, 0.25) is 0 Å². The van der Waals surface area contributed by atoms with Gasteiger partial charge in [-0.1, -0.05) is 37.6 Å². The number of thiophene rings is 1. The van der Waals surface area contributed by atoms with Gasteiger partial charge in [-0.05, 0) is 36.3 Å². The summed E-state index contributed by atoms with van der Waals surface area (Å²) in [5.74, 6) is 0.588. The SMILES string of the molecule is CCCCOC(=O)c1c(NC(=O)/C=C/c2ccc3c(c2)OCO3)sc2ccccc12. The van der Waals surface area contributed by atoms with Crippen molar-refractivity contribution in [3.8, 4) is 11.5 Å². The third-order valence-electron chi connectivity index (χ3n) is 4.59. The van der Waals surface area contributed by atoms with Crippen molar-refractivity contribution < 1.29 is 23.8 Å². The molecule has 0 spiro atoms. The lowest BCUT2D eigenvalue weighted by atomic mass is 10.1. The molecule has 3 aromatic rings. The van der Waals surface area contributed by atoms with Crippen LogP contribution in [0.5, 0.6) is 11.5 Å². The van der Waals surface area contributed by atoms with E-state index in [0.717, 1.165) is 28.5 Å². The van der Waals surface area contributed by atoms with Gasteiger partial charge in [-0.15, -0.1) is 11.3 Å². The molecule has 0 radical (unpaired) electrons. The maximum atomic E-state index is 12.7. The lowest BCUT2D eigenvalue weighted by molar-refractivity contribution is -0.111. The topological polar surface area (TPSA) is 73.9 Å². The molecule has 154 valence electrons. The number of hydrogen-bond donors (Lipinski definition) is 1. The lowest BCUT2D eigenvalue weighted by Crippen LogP contribution is -2.12. The molecule has 0 atom stereocenters. The third-order valence-corrected chi connectivity index (χ3v) is 5.68. The fraction of sp³-hybridized carbons (Fsp3) is 0.217. The number of amides is 1. The second-order valence-corrected chi connectivity index (χ2v) is 7.78. The highest BCUT2D eigenvalue weighted by molar-refractivity contribution is 7.23. The van der Waals surface area contributed by atoms with Gasteiger partial charge < -0.3 is 19.5 Å². The summed E-state index contributed by atoms with van der Waals surface area (Å²) in [6.45, 7) is 2.59. The largest absolute Gasteiger partial charge is 0.462 e. The number of rotatable bonds is 7. The molecule has 0 saturated carbocycles. The van der Waals surface area contributed by atoms with Gasteiger partial charge in [0.15, 0.2) is 11.5 Å². The number of nitrogens with one attached hydrogen (secondary N) is 1. The van der Waals surface area contributed by atoms with Crippen LogP contribution in [-0.2, 0) is 9.53 Å². The van der Waals surface area contributed by atoms with Crippen LogP contribution in [0.15, 0.2) is 48.5 Å². The molecule has 0 aliphatic carbocycles. The number of carbonyl (C=O) groups excluding carboxylic acids is 2. The van der Waals surface area contributed by atoms with Gasteiger partial charge in [0.2, 0.25) is 12.7 Å². The first-order valence-corrected chi connectivity index (χ1v) is 10.5. The number of carbonyl (C=O) groups is 2. The van der Waals surface area contributed by atoms with Crippen molar-refractivity contribution in [2.75, 3.05) is 18.7 Å². The smallest absolute Gasteiger partial charge is 0.341 e. The Morgan fingerprint density at radius 2 is 2.00 bits per heavy atom. The number of benzene rings is 2. The highest BCUT2D eigenvalue weighted by Gasteiger charge is 2.21. The van der Waals surface area contributed by atoms with Gasteiger partial charge in [0.1, 0.15) is 10.6 Å². The van der Waals surface area contributed by atoms with E-state index < -0.39 is 5.97 Å². The van der Waals surface area contributed by atoms with E-state index in [9.17, 15) is 9.59 Å². The average molecular weight is 423 g/mol. The van der Waals surface area contributed by atoms with Gasteiger partial charge in [0.05, 0.1) is 6.61 Å². The van der Waals surface area contributed by atoms with E-state index in [0.29, 0.717) is 28.7 Å². The van der Waals surface area contributed by atoms with Crippen molar-refractivity contribution in [3.63, 3.8) is 0 Å². The zero-order valence-corrected chi connectivity index (χ0v) is 17.3. The summed E-state index contributed by atoms with van der Waals surface area (Å²) < 4.78 is 17.0. The average Bonchev–Trinajstić information content (AvgIpc) is 3.36. The maximum absolute atomic E-state index is 12.7. The first-order valence-electron chi connectivity index (χ1n) is 9.73. The molecule has 0 fully saturated rings. The standard InChI is InChI=1S/C23H21NO5S/c1-2-3-12-27-23(26)21-16-6-4-5-7-19(16)30-22(21)24-20(25)11-9-15-8-10-17-18(13-15)29-14-28-17/h4-11,13H,2-3,12,14H2,1H3,(H,24,25)/b11-9+. The lowest BCUT2D eigenvalue weighted by Gasteiger charge is -2.06. The molecule has 1 aliphatic heterocycles. The van der Waals surface area contributed by atoms with Gasteiger partial charge >= 0.3 is 5.97 Å². The van der Waals surface area contributed by atoms with E-state index in [2.05, 4.69) is 5.32 Å². The first-order chi connectivity index (χ1) is 14.7. The normalized spacial score (nSPS) is 12.4. The Kier molecular flexibility index (Phi) is 5.99. The zero-order valence-electron chi connectivity index (χ0n) is 16.5. The van der Waals surface area contributed by atoms with Crippen LogP contribution in [0.25, 0.3) is 16.2 Å². The molecular weight excluding hydrogens is 402 g/mol. The predicted octanol–water partition coefficient (Wildman–Crippen LogP) is 5.24. The molecule has 2 aromatic carbocycles. The Hall–Kier alpha value is -3.32. The molecule has 6 nitrogen and oxygen atoms in total. The quantitative estimate of drug-likeness (QED) is 0.320. The molecule has 30 heavy (non-hydrogen) atoms. The molecule has 0 bridgehead atoms. The fourth-order valence-corrected chi connectivity index (χ4v) is 4.15. The van der Waals surface area contributed by atoms with Crippen molar-refractivity contribution in [2.24, 2.45) is 0 Å². The van der Waals surface area contributed by atoms with Gasteiger partial charge in [-0.25, -0.2) is 4.79 Å². The van der Waals surface area contributed by atoms with Crippen molar-refractivity contribution in [1.29, 1.82) is 0 Å². The summed E-state index contributed by atoms with van der Waals surface area (Å²) in [6, 6.07) is 13.0. The van der Waals surface area contributed by atoms with Crippen LogP contribution in [0.4, 0.5) is 5.00 Å². The van der Waals surface area contributed by atoms with Crippen molar-refractivity contribution in [1.82, 2.24) is 0 Å². The van der Waals surface area contributed by atoms with E-state index >= 15 is 0 Å². The van der Waals surface area contributed by atoms with E-state index in [1.165, 1.54) is 17.4 Å². The first kappa shape index (κ1) is 20.0. The molecule has 1 aliphatic rings. The Bertz CT molecular complexity index is 1120. The Balaban J connectivity index is 1.53. The van der Waals surface area contributed by atoms with Gasteiger partial charge in [-0.2, -0.15) is 0 Å². The third kappa shape index (κ3) is 4.31. The summed E-state index contributed by atoms with van der Waals surface area (Å²) in [4.78, 5) is 25.2.